The molecule has 0 fully saturated rings. The fraction of sp³-hybridized carbons (Fsp3) is 0.647. The summed E-state index contributed by atoms with van der Waals surface area (Å²) in [7, 11) is 3.00. The maximum absolute atomic E-state index is 12.0. The number of hydrogen-bond donors (Lipinski definition) is 0. The summed E-state index contributed by atoms with van der Waals surface area (Å²) in [5.41, 5.74) is 1.28. The smallest absolute Gasteiger partial charge is 0.402 e. The third-order valence-corrected chi connectivity index (χ3v) is 5.93. The zero-order valence-electron chi connectivity index (χ0n) is 15.5. The number of unbranched alkanes of at least 4 members (excludes halogenated alkanes) is 3. The van der Waals surface area contributed by atoms with Crippen LogP contribution in [0.5, 0.6) is 0 Å². The first-order valence-electron chi connectivity index (χ1n) is 8.60. The molecule has 0 aromatic carbocycles. The molecular weight excluding hydrogens is 405 g/mol. The van der Waals surface area contributed by atoms with Crippen molar-refractivity contribution in [3.63, 3.8) is 0 Å². The minimum Gasteiger partial charge on any atom is -0.530 e. The van der Waals surface area contributed by atoms with E-state index in [1.807, 2.05) is 6.82 Å². The monoisotopic (exact) mass is 431 g/mol. The van der Waals surface area contributed by atoms with Gasteiger partial charge in [-0.05, 0) is 54.3 Å². The first-order valence-corrected chi connectivity index (χ1v) is 10.2. The number of hydrogen-bond acceptors (Lipinski definition) is 6. The fourth-order valence-electron chi connectivity index (χ4n) is 2.39. The Morgan fingerprint density at radius 2 is 1.92 bits per heavy atom. The van der Waals surface area contributed by atoms with Crippen LogP contribution in [0.2, 0.25) is 6.82 Å². The SMILES string of the molecule is CCCCCCc1cc(B(C)OC(=O)CN(C)CC(=O)OC)sc1Br. The van der Waals surface area contributed by atoms with E-state index in [1.54, 1.807) is 23.3 Å². The van der Waals surface area contributed by atoms with Crippen LogP contribution in [0, 0.1) is 0 Å². The van der Waals surface area contributed by atoms with Crippen molar-refractivity contribution in [1.82, 2.24) is 4.90 Å². The molecule has 0 aliphatic carbocycles. The molecule has 140 valence electrons. The lowest BCUT2D eigenvalue weighted by atomic mass is 9.69. The van der Waals surface area contributed by atoms with Gasteiger partial charge in [0.2, 0.25) is 0 Å². The Balaban J connectivity index is 2.49. The molecule has 0 aliphatic heterocycles. The van der Waals surface area contributed by atoms with E-state index >= 15 is 0 Å². The van der Waals surface area contributed by atoms with Gasteiger partial charge in [0.15, 0.2) is 0 Å². The number of ether oxygens (including phenoxy) is 1. The van der Waals surface area contributed by atoms with Crippen molar-refractivity contribution in [2.45, 2.75) is 45.9 Å². The van der Waals surface area contributed by atoms with E-state index in [0.29, 0.717) is 0 Å². The predicted molar refractivity (Wildman–Crippen MR) is 107 cm³/mol. The van der Waals surface area contributed by atoms with Crippen molar-refractivity contribution >= 4 is 50.9 Å². The number of likely N-dealkylation sites (N-methyl/N-ethyl adjacent to an activating group) is 1. The average molecular weight is 432 g/mol. The Labute approximate surface area is 163 Å². The highest BCUT2D eigenvalue weighted by Gasteiger charge is 2.22. The Morgan fingerprint density at radius 3 is 2.56 bits per heavy atom. The number of nitrogens with zero attached hydrogens (tertiary/aromatic N) is 1. The average Bonchev–Trinajstić information content (AvgIpc) is 2.92. The summed E-state index contributed by atoms with van der Waals surface area (Å²) >= 11 is 5.23. The van der Waals surface area contributed by atoms with Crippen molar-refractivity contribution in [2.24, 2.45) is 0 Å². The van der Waals surface area contributed by atoms with Gasteiger partial charge in [0.25, 0.3) is 0 Å². The van der Waals surface area contributed by atoms with Crippen LogP contribution in [0.1, 0.15) is 38.2 Å². The second-order valence-corrected chi connectivity index (χ2v) is 8.54. The van der Waals surface area contributed by atoms with Gasteiger partial charge < -0.3 is 9.39 Å². The lowest BCUT2D eigenvalue weighted by molar-refractivity contribution is -0.142. The molecule has 0 amide bonds. The first-order chi connectivity index (χ1) is 11.9. The van der Waals surface area contributed by atoms with Gasteiger partial charge in [-0.15, -0.1) is 11.3 Å². The first kappa shape index (κ1) is 22.2. The molecular formula is C17H27BBrNO4S. The molecule has 5 nitrogen and oxygen atoms in total. The standard InChI is InChI=1S/C17H27BBrNO4S/c1-5-6-7-8-9-13-10-14(25-17(13)19)18(2)24-16(22)12-20(3)11-15(21)23-4/h10H,5-9,11-12H2,1-4H3. The molecule has 1 heterocycles. The van der Waals surface area contributed by atoms with Gasteiger partial charge in [-0.2, -0.15) is 0 Å². The highest BCUT2D eigenvalue weighted by molar-refractivity contribution is 9.11. The normalized spacial score (nSPS) is 10.8. The highest BCUT2D eigenvalue weighted by Crippen LogP contribution is 2.24. The molecule has 1 aromatic heterocycles. The van der Waals surface area contributed by atoms with E-state index in [-0.39, 0.29) is 31.9 Å². The van der Waals surface area contributed by atoms with Crippen LogP contribution in [0.4, 0.5) is 0 Å². The zero-order chi connectivity index (χ0) is 18.8. The molecule has 0 atom stereocenters. The quantitative estimate of drug-likeness (QED) is 0.306. The molecule has 0 saturated carbocycles. The van der Waals surface area contributed by atoms with Gasteiger partial charge in [0.1, 0.15) is 0 Å². The van der Waals surface area contributed by atoms with Gasteiger partial charge in [-0.1, -0.05) is 26.2 Å². The maximum Gasteiger partial charge on any atom is 0.402 e. The number of methoxy groups -OCH3 is 1. The molecule has 1 rings (SSSR count). The van der Waals surface area contributed by atoms with Gasteiger partial charge in [-0.25, -0.2) is 0 Å². The van der Waals surface area contributed by atoms with Gasteiger partial charge in [-0.3, -0.25) is 14.5 Å². The summed E-state index contributed by atoms with van der Waals surface area (Å²) in [6.07, 6.45) is 5.95. The number of rotatable bonds is 11. The number of carbonyl (C=O) groups excluding carboxylic acids is 2. The third-order valence-electron chi connectivity index (χ3n) is 3.81. The Kier molecular flexibility index (Phi) is 10.4. The maximum atomic E-state index is 12.0. The third kappa shape index (κ3) is 8.38. The molecule has 8 heteroatoms. The van der Waals surface area contributed by atoms with Crippen LogP contribution in [0.3, 0.4) is 0 Å². The van der Waals surface area contributed by atoms with Gasteiger partial charge in [0.05, 0.1) is 24.0 Å². The number of aryl methyl sites for hydroxylation is 1. The molecule has 0 saturated heterocycles. The Morgan fingerprint density at radius 1 is 1.24 bits per heavy atom. The molecule has 0 radical (unpaired) electrons. The minimum absolute atomic E-state index is 0.0514. The number of esters is 1. The van der Waals surface area contributed by atoms with E-state index in [4.69, 9.17) is 4.65 Å². The number of thiophene rings is 1. The van der Waals surface area contributed by atoms with Crippen LogP contribution in [-0.4, -0.2) is 51.0 Å². The number of carbonyl (C=O) groups is 2. The summed E-state index contributed by atoms with van der Waals surface area (Å²) in [6.45, 7) is 3.89. The van der Waals surface area contributed by atoms with Gasteiger partial charge in [0, 0.05) is 4.78 Å². The van der Waals surface area contributed by atoms with Crippen molar-refractivity contribution in [1.29, 1.82) is 0 Å². The Hall–Kier alpha value is -0.855. The second kappa shape index (κ2) is 11.7. The predicted octanol–water partition coefficient (Wildman–Crippen LogP) is 3.11. The van der Waals surface area contributed by atoms with Crippen molar-refractivity contribution in [3.05, 3.63) is 15.4 Å². The van der Waals surface area contributed by atoms with Crippen LogP contribution in [0.25, 0.3) is 0 Å². The lowest BCUT2D eigenvalue weighted by Crippen LogP contribution is -2.37. The van der Waals surface area contributed by atoms with E-state index in [0.717, 1.165) is 15.0 Å². The molecule has 0 unspecified atom stereocenters. The van der Waals surface area contributed by atoms with Crippen LogP contribution >= 0.6 is 27.3 Å². The van der Waals surface area contributed by atoms with Crippen LogP contribution in [-0.2, 0) is 25.4 Å². The van der Waals surface area contributed by atoms with E-state index in [9.17, 15) is 9.59 Å². The Bertz CT molecular complexity index is 567. The van der Waals surface area contributed by atoms with Crippen molar-refractivity contribution in [3.8, 4) is 0 Å². The molecule has 0 N–H and O–H groups in total. The van der Waals surface area contributed by atoms with Crippen LogP contribution < -0.4 is 4.78 Å². The van der Waals surface area contributed by atoms with E-state index in [2.05, 4.69) is 33.7 Å². The zero-order valence-corrected chi connectivity index (χ0v) is 17.9. The lowest BCUT2D eigenvalue weighted by Gasteiger charge is -2.15. The van der Waals surface area contributed by atoms with Crippen LogP contribution in [0.15, 0.2) is 9.85 Å². The summed E-state index contributed by atoms with van der Waals surface area (Å²) < 4.78 is 12.2. The molecule has 25 heavy (non-hydrogen) atoms. The largest absolute Gasteiger partial charge is 0.530 e. The second-order valence-electron chi connectivity index (χ2n) is 6.14. The van der Waals surface area contributed by atoms with Crippen molar-refractivity contribution < 1.29 is 19.0 Å². The van der Waals surface area contributed by atoms with Crippen molar-refractivity contribution in [2.75, 3.05) is 27.2 Å². The minimum atomic E-state index is -0.377. The molecule has 1 aromatic rings. The molecule has 0 aliphatic rings. The van der Waals surface area contributed by atoms with E-state index < -0.39 is 0 Å². The summed E-state index contributed by atoms with van der Waals surface area (Å²) in [6, 6.07) is 2.12. The van der Waals surface area contributed by atoms with Gasteiger partial charge >= 0.3 is 18.9 Å². The topological polar surface area (TPSA) is 55.8 Å². The molecule has 0 spiro atoms. The van der Waals surface area contributed by atoms with E-state index in [1.165, 1.54) is 38.4 Å². The molecule has 0 bridgehead atoms. The highest BCUT2D eigenvalue weighted by atomic mass is 79.9. The fourth-order valence-corrected chi connectivity index (χ4v) is 4.18. The summed E-state index contributed by atoms with van der Waals surface area (Å²) in [5, 5.41) is 0. The summed E-state index contributed by atoms with van der Waals surface area (Å²) in [4.78, 5) is 24.8. The number of halogens is 1. The summed E-state index contributed by atoms with van der Waals surface area (Å²) in [5.74, 6) is -0.730.